The van der Waals surface area contributed by atoms with Crippen molar-refractivity contribution in [2.45, 2.75) is 49.0 Å². The van der Waals surface area contributed by atoms with Gasteiger partial charge in [0.25, 0.3) is 0 Å². The van der Waals surface area contributed by atoms with Crippen LogP contribution >= 0.6 is 12.4 Å². The second-order valence-corrected chi connectivity index (χ2v) is 11.6. The van der Waals surface area contributed by atoms with Crippen LogP contribution in [-0.2, 0) is 10.0 Å². The maximum absolute atomic E-state index is 13.1. The third kappa shape index (κ3) is 5.80. The smallest absolute Gasteiger partial charge is 0.240 e. The van der Waals surface area contributed by atoms with E-state index in [0.29, 0.717) is 23.3 Å². The zero-order valence-electron chi connectivity index (χ0n) is 19.5. The van der Waals surface area contributed by atoms with Crippen LogP contribution in [-0.4, -0.2) is 45.6 Å². The summed E-state index contributed by atoms with van der Waals surface area (Å²) in [5.41, 5.74) is 1.86. The minimum absolute atomic E-state index is 0. The minimum atomic E-state index is -3.62. The summed E-state index contributed by atoms with van der Waals surface area (Å²) in [6.07, 6.45) is 4.79. The molecule has 35 heavy (non-hydrogen) atoms. The average Bonchev–Trinajstić information content (AvgIpc) is 3.27. The Morgan fingerprint density at radius 2 is 1.83 bits per heavy atom. The fourth-order valence-corrected chi connectivity index (χ4v) is 7.04. The first-order valence-corrected chi connectivity index (χ1v) is 13.6. The van der Waals surface area contributed by atoms with E-state index < -0.39 is 15.8 Å². The van der Waals surface area contributed by atoms with Gasteiger partial charge in [0.05, 0.1) is 23.1 Å². The topological polar surface area (TPSA) is 82.4 Å². The van der Waals surface area contributed by atoms with Crippen LogP contribution in [0.2, 0.25) is 0 Å². The highest BCUT2D eigenvalue weighted by Gasteiger charge is 2.39. The fourth-order valence-electron chi connectivity index (χ4n) is 5.74. The summed E-state index contributed by atoms with van der Waals surface area (Å²) in [5, 5.41) is 9.26. The molecular formula is C26H31ClFN3O3S. The quantitative estimate of drug-likeness (QED) is 0.609. The number of fused-ring (bicyclic) bond motifs is 3. The van der Waals surface area contributed by atoms with E-state index in [1.165, 1.54) is 29.8 Å². The lowest BCUT2D eigenvalue weighted by Crippen LogP contribution is -2.38. The monoisotopic (exact) mass is 519 g/mol. The lowest BCUT2D eigenvalue weighted by molar-refractivity contribution is 0.208. The zero-order valence-corrected chi connectivity index (χ0v) is 21.2. The van der Waals surface area contributed by atoms with E-state index >= 15 is 0 Å². The molecule has 2 aromatic rings. The van der Waals surface area contributed by atoms with Crippen molar-refractivity contribution in [3.8, 4) is 11.8 Å². The molecule has 1 aliphatic carbocycles. The van der Waals surface area contributed by atoms with Crippen molar-refractivity contribution >= 4 is 22.4 Å². The number of nitrogens with zero attached hydrogens (tertiary/aromatic N) is 2. The Labute approximate surface area is 212 Å². The number of hydrogen-bond acceptors (Lipinski definition) is 5. The lowest BCUT2D eigenvalue weighted by atomic mass is 9.84. The molecule has 2 atom stereocenters. The van der Waals surface area contributed by atoms with Crippen LogP contribution in [0.5, 0.6) is 5.75 Å². The first-order chi connectivity index (χ1) is 16.4. The van der Waals surface area contributed by atoms with Crippen LogP contribution in [0, 0.1) is 29.0 Å². The molecule has 9 heteroatoms. The Balaban J connectivity index is 0.00000289. The van der Waals surface area contributed by atoms with Crippen molar-refractivity contribution in [2.24, 2.45) is 11.8 Å². The molecule has 1 N–H and O–H groups in total. The van der Waals surface area contributed by atoms with Crippen LogP contribution in [0.25, 0.3) is 0 Å². The van der Waals surface area contributed by atoms with Gasteiger partial charge in [0.1, 0.15) is 11.6 Å². The molecule has 0 amide bonds. The van der Waals surface area contributed by atoms with E-state index in [2.05, 4.69) is 15.7 Å². The summed E-state index contributed by atoms with van der Waals surface area (Å²) in [5.74, 6) is 1.97. The van der Waals surface area contributed by atoms with Crippen LogP contribution in [0.4, 0.5) is 4.39 Å². The highest BCUT2D eigenvalue weighted by Crippen LogP contribution is 2.42. The van der Waals surface area contributed by atoms with E-state index in [4.69, 9.17) is 4.74 Å². The number of benzene rings is 2. The highest BCUT2D eigenvalue weighted by molar-refractivity contribution is 7.89. The SMILES string of the molecule is Cl.N#Cc1ccc2c(c1)[C@@H]1CN(CC[C@H]3CC[C@H](NS(=O)(=O)c4ccc(F)cc4)CC3)C[C@H]1CO2. The Hall–Kier alpha value is -2.18. The van der Waals surface area contributed by atoms with Crippen LogP contribution in [0.15, 0.2) is 47.4 Å². The maximum Gasteiger partial charge on any atom is 0.240 e. The van der Waals surface area contributed by atoms with Gasteiger partial charge in [0.15, 0.2) is 0 Å². The first-order valence-electron chi connectivity index (χ1n) is 12.1. The van der Waals surface area contributed by atoms with Crippen LogP contribution < -0.4 is 9.46 Å². The third-order valence-corrected chi connectivity index (χ3v) is 9.19. The molecule has 0 spiro atoms. The molecule has 2 heterocycles. The van der Waals surface area contributed by atoms with Crippen LogP contribution in [0.1, 0.15) is 49.1 Å². The maximum atomic E-state index is 13.1. The molecule has 2 fully saturated rings. The molecule has 2 aliphatic heterocycles. The van der Waals surface area contributed by atoms with E-state index in [0.717, 1.165) is 64.1 Å². The van der Waals surface area contributed by atoms with Gasteiger partial charge in [-0.15, -0.1) is 12.4 Å². The van der Waals surface area contributed by atoms with E-state index in [1.54, 1.807) is 0 Å². The van der Waals surface area contributed by atoms with Crippen molar-refractivity contribution < 1.29 is 17.5 Å². The summed E-state index contributed by atoms with van der Waals surface area (Å²) >= 11 is 0. The minimum Gasteiger partial charge on any atom is -0.493 e. The number of likely N-dealkylation sites (tertiary alicyclic amines) is 1. The van der Waals surface area contributed by atoms with Crippen molar-refractivity contribution in [1.29, 1.82) is 5.26 Å². The molecule has 1 saturated carbocycles. The molecule has 0 radical (unpaired) electrons. The molecule has 5 rings (SSSR count). The number of nitrogens with one attached hydrogen (secondary N) is 1. The average molecular weight is 520 g/mol. The predicted octanol–water partition coefficient (Wildman–Crippen LogP) is 4.45. The molecule has 0 unspecified atom stereocenters. The standard InChI is InChI=1S/C26H30FN3O3S.ClH/c27-21-4-8-23(9-5-21)34(31,32)29-22-6-1-18(2-7-22)11-12-30-15-20-17-33-26-10-3-19(14-28)13-24(26)25(20)16-30;/h3-5,8-10,13,18,20,22,25,29H,1-2,6-7,11-12,15-17H2;1H/t18-,20-,22-,25+;/m0./s1. The Kier molecular flexibility index (Phi) is 8.02. The van der Waals surface area contributed by atoms with Gasteiger partial charge in [0, 0.05) is 36.5 Å². The van der Waals surface area contributed by atoms with Gasteiger partial charge in [-0.25, -0.2) is 17.5 Å². The number of ether oxygens (including phenoxy) is 1. The van der Waals surface area contributed by atoms with Gasteiger partial charge >= 0.3 is 0 Å². The van der Waals surface area contributed by atoms with Gasteiger partial charge in [-0.2, -0.15) is 5.26 Å². The predicted molar refractivity (Wildman–Crippen MR) is 134 cm³/mol. The number of hydrogen-bond donors (Lipinski definition) is 1. The number of halogens is 2. The fraction of sp³-hybridized carbons (Fsp3) is 0.500. The summed E-state index contributed by atoms with van der Waals surface area (Å²) in [6, 6.07) is 12.9. The highest BCUT2D eigenvalue weighted by atomic mass is 35.5. The van der Waals surface area contributed by atoms with Gasteiger partial charge in [-0.1, -0.05) is 0 Å². The Morgan fingerprint density at radius 3 is 2.54 bits per heavy atom. The van der Waals surface area contributed by atoms with Crippen molar-refractivity contribution in [2.75, 3.05) is 26.2 Å². The Bertz CT molecular complexity index is 1180. The van der Waals surface area contributed by atoms with Gasteiger partial charge in [-0.05, 0) is 87.0 Å². The molecule has 6 nitrogen and oxygen atoms in total. The van der Waals surface area contributed by atoms with E-state index in [1.807, 2.05) is 18.2 Å². The summed E-state index contributed by atoms with van der Waals surface area (Å²) in [6.45, 7) is 3.80. The first kappa shape index (κ1) is 25.9. The number of sulfonamides is 1. The largest absolute Gasteiger partial charge is 0.493 e. The number of rotatable bonds is 6. The van der Waals surface area contributed by atoms with Gasteiger partial charge in [-0.3, -0.25) is 0 Å². The van der Waals surface area contributed by atoms with Crippen molar-refractivity contribution in [1.82, 2.24) is 9.62 Å². The molecule has 3 aliphatic rings. The van der Waals surface area contributed by atoms with Gasteiger partial charge < -0.3 is 9.64 Å². The molecule has 2 aromatic carbocycles. The second kappa shape index (κ2) is 10.8. The molecular weight excluding hydrogens is 489 g/mol. The summed E-state index contributed by atoms with van der Waals surface area (Å²) in [7, 11) is -3.62. The van der Waals surface area contributed by atoms with Crippen molar-refractivity contribution in [3.63, 3.8) is 0 Å². The summed E-state index contributed by atoms with van der Waals surface area (Å²) < 4.78 is 47.0. The normalized spacial score (nSPS) is 26.1. The summed E-state index contributed by atoms with van der Waals surface area (Å²) in [4.78, 5) is 2.63. The zero-order chi connectivity index (χ0) is 23.7. The lowest BCUT2D eigenvalue weighted by Gasteiger charge is -2.30. The number of nitriles is 1. The third-order valence-electron chi connectivity index (χ3n) is 7.65. The molecule has 188 valence electrons. The molecule has 0 bridgehead atoms. The van der Waals surface area contributed by atoms with E-state index in [9.17, 15) is 18.1 Å². The van der Waals surface area contributed by atoms with Crippen LogP contribution in [0.3, 0.4) is 0 Å². The Morgan fingerprint density at radius 1 is 1.09 bits per heavy atom. The second-order valence-electron chi connectivity index (χ2n) is 9.88. The molecule has 0 aromatic heterocycles. The van der Waals surface area contributed by atoms with Gasteiger partial charge in [0.2, 0.25) is 10.0 Å². The van der Waals surface area contributed by atoms with E-state index in [-0.39, 0.29) is 23.3 Å². The van der Waals surface area contributed by atoms with Crippen molar-refractivity contribution in [3.05, 3.63) is 59.4 Å². The molecule has 1 saturated heterocycles.